The molecule has 26 heavy (non-hydrogen) atoms. The molecular formula is C16H19F3N2O5. The zero-order valence-electron chi connectivity index (χ0n) is 14.1. The van der Waals surface area contributed by atoms with E-state index >= 15 is 0 Å². The van der Waals surface area contributed by atoms with Gasteiger partial charge in [0.25, 0.3) is 5.91 Å². The van der Waals surface area contributed by atoms with Gasteiger partial charge < -0.3 is 15.2 Å². The van der Waals surface area contributed by atoms with Crippen LogP contribution in [0.4, 0.5) is 23.7 Å². The molecule has 3 N–H and O–H groups in total. The highest BCUT2D eigenvalue weighted by molar-refractivity contribution is 5.89. The van der Waals surface area contributed by atoms with E-state index in [9.17, 15) is 27.6 Å². The molecule has 0 bridgehead atoms. The lowest BCUT2D eigenvalue weighted by atomic mass is 10.1. The summed E-state index contributed by atoms with van der Waals surface area (Å²) in [5, 5.41) is 12.9. The number of alkyl halides is 3. The molecule has 0 radical (unpaired) electrons. The topological polar surface area (TPSA) is 105 Å². The lowest BCUT2D eigenvalue weighted by molar-refractivity contribution is -0.139. The predicted octanol–water partition coefficient (Wildman–Crippen LogP) is 2.87. The van der Waals surface area contributed by atoms with E-state index in [0.717, 1.165) is 24.3 Å². The number of carboxylic acid groups (broad SMARTS) is 1. The van der Waals surface area contributed by atoms with Gasteiger partial charge in [0.1, 0.15) is 6.54 Å². The maximum absolute atomic E-state index is 12.5. The van der Waals surface area contributed by atoms with Crippen LogP contribution in [-0.2, 0) is 20.5 Å². The van der Waals surface area contributed by atoms with E-state index in [2.05, 4.69) is 10.6 Å². The van der Waals surface area contributed by atoms with Crippen LogP contribution >= 0.6 is 0 Å². The molecule has 0 aliphatic carbocycles. The molecule has 7 nitrogen and oxygen atoms in total. The predicted molar refractivity (Wildman–Crippen MR) is 85.4 cm³/mol. The maximum atomic E-state index is 12.5. The normalized spacial score (nSPS) is 12.4. The van der Waals surface area contributed by atoms with Crippen LogP contribution in [-0.4, -0.2) is 35.7 Å². The Bertz CT molecular complexity index is 644. The minimum atomic E-state index is -4.50. The van der Waals surface area contributed by atoms with E-state index in [4.69, 9.17) is 9.84 Å². The molecule has 0 fully saturated rings. The summed E-state index contributed by atoms with van der Waals surface area (Å²) < 4.78 is 42.5. The van der Waals surface area contributed by atoms with E-state index in [1.54, 1.807) is 13.8 Å². The Hall–Kier alpha value is -2.78. The van der Waals surface area contributed by atoms with Crippen LogP contribution < -0.4 is 10.6 Å². The first kappa shape index (κ1) is 21.3. The molecule has 2 amide bonds. The molecule has 1 aromatic carbocycles. The first-order chi connectivity index (χ1) is 12.0. The molecule has 0 spiro atoms. The molecule has 1 atom stereocenters. The fourth-order valence-electron chi connectivity index (χ4n) is 1.93. The Morgan fingerprint density at radius 3 is 2.19 bits per heavy atom. The second kappa shape index (κ2) is 9.07. The Kier molecular flexibility index (Phi) is 7.41. The number of benzene rings is 1. The van der Waals surface area contributed by atoms with Crippen LogP contribution in [0.2, 0.25) is 0 Å². The second-order valence-corrected chi connectivity index (χ2v) is 5.84. The number of hydrogen-bond acceptors (Lipinski definition) is 4. The summed E-state index contributed by atoms with van der Waals surface area (Å²) in [5.41, 5.74) is -0.820. The number of aliphatic carboxylic acids is 1. The Morgan fingerprint density at radius 1 is 1.15 bits per heavy atom. The quantitative estimate of drug-likeness (QED) is 0.679. The van der Waals surface area contributed by atoms with Crippen LogP contribution in [0.15, 0.2) is 24.3 Å². The molecule has 144 valence electrons. The average Bonchev–Trinajstić information content (AvgIpc) is 2.51. The number of ether oxygens (including phenoxy) is 1. The number of anilines is 1. The summed E-state index contributed by atoms with van der Waals surface area (Å²) in [4.78, 5) is 34.3. The van der Waals surface area contributed by atoms with Gasteiger partial charge in [-0.3, -0.25) is 14.9 Å². The van der Waals surface area contributed by atoms with E-state index in [1.165, 1.54) is 0 Å². The third-order valence-corrected chi connectivity index (χ3v) is 3.10. The summed E-state index contributed by atoms with van der Waals surface area (Å²) in [5.74, 6) is -2.06. The lowest BCUT2D eigenvalue weighted by Crippen LogP contribution is -2.41. The van der Waals surface area contributed by atoms with E-state index < -0.39 is 42.4 Å². The van der Waals surface area contributed by atoms with Crippen molar-refractivity contribution in [3.8, 4) is 0 Å². The van der Waals surface area contributed by atoms with Gasteiger partial charge in [0.05, 0.1) is 5.56 Å². The van der Waals surface area contributed by atoms with E-state index in [0.29, 0.717) is 0 Å². The maximum Gasteiger partial charge on any atom is 0.416 e. The molecule has 1 aromatic rings. The largest absolute Gasteiger partial charge is 0.480 e. The number of carbonyl (C=O) groups is 3. The molecule has 0 heterocycles. The van der Waals surface area contributed by atoms with Crippen LogP contribution in [0.5, 0.6) is 0 Å². The molecule has 0 aliphatic heterocycles. The zero-order chi connectivity index (χ0) is 19.9. The molecule has 0 saturated carbocycles. The highest BCUT2D eigenvalue weighted by atomic mass is 19.4. The Morgan fingerprint density at radius 2 is 1.73 bits per heavy atom. The minimum Gasteiger partial charge on any atom is -0.480 e. The van der Waals surface area contributed by atoms with Gasteiger partial charge in [-0.05, 0) is 36.6 Å². The van der Waals surface area contributed by atoms with Crippen molar-refractivity contribution in [2.75, 3.05) is 11.9 Å². The smallest absolute Gasteiger partial charge is 0.416 e. The third kappa shape index (κ3) is 7.41. The number of halogens is 3. The molecular weight excluding hydrogens is 357 g/mol. The van der Waals surface area contributed by atoms with Crippen LogP contribution in [0.3, 0.4) is 0 Å². The minimum absolute atomic E-state index is 0.0329. The van der Waals surface area contributed by atoms with Crippen molar-refractivity contribution in [3.63, 3.8) is 0 Å². The first-order valence-electron chi connectivity index (χ1n) is 7.63. The summed E-state index contributed by atoms with van der Waals surface area (Å²) in [7, 11) is 0. The third-order valence-electron chi connectivity index (χ3n) is 3.10. The van der Waals surface area contributed by atoms with Crippen LogP contribution in [0.25, 0.3) is 0 Å². The molecule has 0 unspecified atom stereocenters. The summed E-state index contributed by atoms with van der Waals surface area (Å²) >= 11 is 0. The average molecular weight is 376 g/mol. The molecule has 1 rings (SSSR count). The SMILES string of the molecule is CC(C)C[C@H](OC(=O)Nc1ccc(C(F)(F)F)cc1)C(=O)NCC(=O)O. The van der Waals surface area contributed by atoms with Crippen molar-refractivity contribution in [2.24, 2.45) is 5.92 Å². The van der Waals surface area contributed by atoms with Crippen LogP contribution in [0.1, 0.15) is 25.8 Å². The first-order valence-corrected chi connectivity index (χ1v) is 7.63. The van der Waals surface area contributed by atoms with Gasteiger partial charge in [0.15, 0.2) is 6.10 Å². The van der Waals surface area contributed by atoms with Crippen molar-refractivity contribution in [1.29, 1.82) is 0 Å². The van der Waals surface area contributed by atoms with Gasteiger partial charge >= 0.3 is 18.2 Å². The van der Waals surface area contributed by atoms with Gasteiger partial charge in [-0.1, -0.05) is 13.8 Å². The fraction of sp³-hybridized carbons (Fsp3) is 0.438. The van der Waals surface area contributed by atoms with Crippen molar-refractivity contribution < 1.29 is 37.4 Å². The number of carboxylic acids is 1. The Labute approximate surface area is 147 Å². The fourth-order valence-corrected chi connectivity index (χ4v) is 1.93. The van der Waals surface area contributed by atoms with Crippen molar-refractivity contribution in [1.82, 2.24) is 5.32 Å². The molecule has 10 heteroatoms. The van der Waals surface area contributed by atoms with Crippen molar-refractivity contribution in [2.45, 2.75) is 32.5 Å². The molecule has 0 saturated heterocycles. The van der Waals surface area contributed by atoms with Gasteiger partial charge in [0.2, 0.25) is 0 Å². The summed E-state index contributed by atoms with van der Waals surface area (Å²) in [6.45, 7) is 2.92. The van der Waals surface area contributed by atoms with Gasteiger partial charge in [-0.2, -0.15) is 13.2 Å². The number of hydrogen-bond donors (Lipinski definition) is 3. The Balaban J connectivity index is 2.70. The number of carbonyl (C=O) groups excluding carboxylic acids is 2. The van der Waals surface area contributed by atoms with Crippen molar-refractivity contribution in [3.05, 3.63) is 29.8 Å². The van der Waals surface area contributed by atoms with E-state index in [1.807, 2.05) is 0 Å². The summed E-state index contributed by atoms with van der Waals surface area (Å²) in [6.07, 6.45) is -6.63. The number of rotatable bonds is 7. The van der Waals surface area contributed by atoms with Gasteiger partial charge in [-0.15, -0.1) is 0 Å². The van der Waals surface area contributed by atoms with E-state index in [-0.39, 0.29) is 18.0 Å². The lowest BCUT2D eigenvalue weighted by Gasteiger charge is -2.19. The molecule has 0 aliphatic rings. The highest BCUT2D eigenvalue weighted by Crippen LogP contribution is 2.29. The second-order valence-electron chi connectivity index (χ2n) is 5.84. The molecule has 0 aromatic heterocycles. The zero-order valence-corrected chi connectivity index (χ0v) is 14.1. The van der Waals surface area contributed by atoms with Crippen LogP contribution in [0, 0.1) is 5.92 Å². The number of nitrogens with one attached hydrogen (secondary N) is 2. The highest BCUT2D eigenvalue weighted by Gasteiger charge is 2.30. The monoisotopic (exact) mass is 376 g/mol. The van der Waals surface area contributed by atoms with Gasteiger partial charge in [-0.25, -0.2) is 4.79 Å². The standard InChI is InChI=1S/C16H19F3N2O5/c1-9(2)7-12(14(24)20-8-13(22)23)26-15(25)21-11-5-3-10(4-6-11)16(17,18)19/h3-6,9,12H,7-8H2,1-2H3,(H,20,24)(H,21,25)(H,22,23)/t12-/m0/s1. The summed E-state index contributed by atoms with van der Waals surface area (Å²) in [6, 6.07) is 3.68. The number of amides is 2. The van der Waals surface area contributed by atoms with Crippen molar-refractivity contribution >= 4 is 23.7 Å². The van der Waals surface area contributed by atoms with Gasteiger partial charge in [0, 0.05) is 5.69 Å².